The molecule has 1 atom stereocenters. The van der Waals surface area contributed by atoms with Gasteiger partial charge >= 0.3 is 6.18 Å². The molecule has 2 N–H and O–H groups in total. The number of carbonyl (C=O) groups is 1. The van der Waals surface area contributed by atoms with Crippen molar-refractivity contribution in [1.29, 1.82) is 0 Å². The number of pyridine rings is 1. The van der Waals surface area contributed by atoms with Crippen LogP contribution in [0.15, 0.2) is 55.0 Å². The second-order valence-corrected chi connectivity index (χ2v) is 7.96. The van der Waals surface area contributed by atoms with E-state index in [1.807, 2.05) is 0 Å². The normalized spacial score (nSPS) is 16.5. The van der Waals surface area contributed by atoms with Crippen LogP contribution in [-0.4, -0.2) is 26.0 Å². The lowest BCUT2D eigenvalue weighted by atomic mass is 10.0. The maximum absolute atomic E-state index is 13.3. The van der Waals surface area contributed by atoms with Gasteiger partial charge in [-0.05, 0) is 37.6 Å². The largest absolute Gasteiger partial charge is 0.416 e. The van der Waals surface area contributed by atoms with Gasteiger partial charge in [0.25, 0.3) is 5.91 Å². The molecule has 0 fully saturated rings. The molecule has 166 valence electrons. The minimum Gasteiger partial charge on any atom is -0.384 e. The molecule has 0 aliphatic carbocycles. The number of carbonyl (C=O) groups excluding carboxylic acids is 1. The second kappa shape index (κ2) is 7.86. The van der Waals surface area contributed by atoms with Crippen LogP contribution in [-0.2, 0) is 23.1 Å². The highest BCUT2D eigenvalue weighted by Crippen LogP contribution is 2.35. The average Bonchev–Trinajstić information content (AvgIpc) is 2.75. The first-order chi connectivity index (χ1) is 15.0. The number of aliphatic hydroxyl groups is 1. The number of hydrogen-bond donors (Lipinski definition) is 2. The van der Waals surface area contributed by atoms with E-state index in [4.69, 9.17) is 0 Å². The van der Waals surface area contributed by atoms with E-state index in [1.54, 1.807) is 26.0 Å². The van der Waals surface area contributed by atoms with Crippen molar-refractivity contribution in [3.05, 3.63) is 77.4 Å². The molecule has 0 bridgehead atoms. The molecule has 0 saturated carbocycles. The summed E-state index contributed by atoms with van der Waals surface area (Å²) in [5.41, 5.74) is -0.374. The number of fused-ring (bicyclic) bond motifs is 1. The Labute approximate surface area is 182 Å². The molecule has 0 spiro atoms. The fourth-order valence-corrected chi connectivity index (χ4v) is 3.39. The standard InChI is InChI=1S/C22H20F3N5O2/c1-21(2,32)16-8-5-14(11-28-16)17-20(31)30(19-18(29-17)26-9-10-27-19)12-13-3-6-15(7-4-13)22(23,24)25/h3-11,17,32H,12H2,1-2H3,(H,26,29). The fourth-order valence-electron chi connectivity index (χ4n) is 3.39. The van der Waals surface area contributed by atoms with Gasteiger partial charge in [-0.1, -0.05) is 18.2 Å². The summed E-state index contributed by atoms with van der Waals surface area (Å²) in [6, 6.07) is 7.14. The predicted molar refractivity (Wildman–Crippen MR) is 111 cm³/mol. The van der Waals surface area contributed by atoms with Crippen LogP contribution in [0.25, 0.3) is 0 Å². The van der Waals surface area contributed by atoms with Crippen LogP contribution >= 0.6 is 0 Å². The van der Waals surface area contributed by atoms with Gasteiger partial charge in [-0.2, -0.15) is 13.2 Å². The molecule has 7 nitrogen and oxygen atoms in total. The Balaban J connectivity index is 1.65. The molecule has 1 aliphatic rings. The van der Waals surface area contributed by atoms with Gasteiger partial charge in [0.2, 0.25) is 0 Å². The quantitative estimate of drug-likeness (QED) is 0.637. The molecule has 10 heteroatoms. The summed E-state index contributed by atoms with van der Waals surface area (Å²) in [6.07, 6.45) is -0.0203. The van der Waals surface area contributed by atoms with Crippen molar-refractivity contribution >= 4 is 17.5 Å². The lowest BCUT2D eigenvalue weighted by Crippen LogP contribution is -2.42. The van der Waals surface area contributed by atoms with E-state index in [0.29, 0.717) is 22.6 Å². The molecule has 0 saturated heterocycles. The number of halogens is 3. The van der Waals surface area contributed by atoms with Crippen LogP contribution in [0.5, 0.6) is 0 Å². The van der Waals surface area contributed by atoms with Gasteiger partial charge in [-0.25, -0.2) is 9.97 Å². The minimum atomic E-state index is -4.44. The number of alkyl halides is 3. The van der Waals surface area contributed by atoms with Crippen LogP contribution in [0.3, 0.4) is 0 Å². The molecule has 1 unspecified atom stereocenters. The van der Waals surface area contributed by atoms with E-state index < -0.39 is 23.4 Å². The number of benzene rings is 1. The molecular weight excluding hydrogens is 423 g/mol. The maximum atomic E-state index is 13.3. The Morgan fingerprint density at radius 3 is 2.31 bits per heavy atom. The van der Waals surface area contributed by atoms with Gasteiger partial charge in [-0.15, -0.1) is 0 Å². The van der Waals surface area contributed by atoms with Crippen LogP contribution in [0.1, 0.15) is 42.3 Å². The molecule has 32 heavy (non-hydrogen) atoms. The van der Waals surface area contributed by atoms with Crippen molar-refractivity contribution in [1.82, 2.24) is 15.0 Å². The Kier molecular flexibility index (Phi) is 5.33. The fraction of sp³-hybridized carbons (Fsp3) is 0.273. The van der Waals surface area contributed by atoms with E-state index in [9.17, 15) is 23.1 Å². The van der Waals surface area contributed by atoms with Gasteiger partial charge in [0.15, 0.2) is 11.6 Å². The van der Waals surface area contributed by atoms with Gasteiger partial charge in [0, 0.05) is 24.2 Å². The Morgan fingerprint density at radius 1 is 1.03 bits per heavy atom. The Hall–Kier alpha value is -3.53. The molecule has 3 heterocycles. The number of amides is 1. The van der Waals surface area contributed by atoms with Crippen molar-refractivity contribution in [2.75, 3.05) is 10.2 Å². The molecule has 4 rings (SSSR count). The van der Waals surface area contributed by atoms with E-state index in [0.717, 1.165) is 12.1 Å². The van der Waals surface area contributed by atoms with Crippen molar-refractivity contribution in [2.24, 2.45) is 0 Å². The van der Waals surface area contributed by atoms with Gasteiger partial charge < -0.3 is 10.4 Å². The highest BCUT2D eigenvalue weighted by Gasteiger charge is 2.36. The molecule has 1 aliphatic heterocycles. The van der Waals surface area contributed by atoms with Crippen molar-refractivity contribution in [2.45, 2.75) is 38.2 Å². The number of anilines is 2. The molecule has 3 aromatic rings. The topological polar surface area (TPSA) is 91.2 Å². The molecule has 2 aromatic heterocycles. The number of aromatic nitrogens is 3. The van der Waals surface area contributed by atoms with Gasteiger partial charge in [0.1, 0.15) is 11.6 Å². The summed E-state index contributed by atoms with van der Waals surface area (Å²) in [6.45, 7) is 3.24. The second-order valence-electron chi connectivity index (χ2n) is 7.96. The monoisotopic (exact) mass is 443 g/mol. The van der Waals surface area contributed by atoms with E-state index >= 15 is 0 Å². The van der Waals surface area contributed by atoms with E-state index in [1.165, 1.54) is 35.6 Å². The highest BCUT2D eigenvalue weighted by atomic mass is 19.4. The third-order valence-electron chi connectivity index (χ3n) is 5.10. The minimum absolute atomic E-state index is 0.0238. The van der Waals surface area contributed by atoms with Crippen molar-refractivity contribution in [3.63, 3.8) is 0 Å². The average molecular weight is 443 g/mol. The van der Waals surface area contributed by atoms with E-state index in [2.05, 4.69) is 20.3 Å². The lowest BCUT2D eigenvalue weighted by Gasteiger charge is -2.33. The number of nitrogens with zero attached hydrogens (tertiary/aromatic N) is 4. The van der Waals surface area contributed by atoms with E-state index in [-0.39, 0.29) is 18.3 Å². The molecule has 1 amide bonds. The van der Waals surface area contributed by atoms with Gasteiger partial charge in [-0.3, -0.25) is 14.7 Å². The third kappa shape index (κ3) is 4.26. The zero-order valence-corrected chi connectivity index (χ0v) is 17.3. The summed E-state index contributed by atoms with van der Waals surface area (Å²) in [7, 11) is 0. The molecule has 0 radical (unpaired) electrons. The van der Waals surface area contributed by atoms with Crippen LogP contribution in [0.4, 0.5) is 24.8 Å². The first-order valence-electron chi connectivity index (χ1n) is 9.78. The zero-order valence-electron chi connectivity index (χ0n) is 17.3. The summed E-state index contributed by atoms with van der Waals surface area (Å²) in [5.74, 6) is 0.306. The predicted octanol–water partition coefficient (Wildman–Crippen LogP) is 3.82. The lowest BCUT2D eigenvalue weighted by molar-refractivity contribution is -0.137. The molecule has 1 aromatic carbocycles. The number of nitrogens with one attached hydrogen (secondary N) is 1. The smallest absolute Gasteiger partial charge is 0.384 e. The maximum Gasteiger partial charge on any atom is 0.416 e. The summed E-state index contributed by atoms with van der Waals surface area (Å²) < 4.78 is 38.6. The first-order valence-corrected chi connectivity index (χ1v) is 9.78. The Bertz CT molecular complexity index is 1130. The van der Waals surface area contributed by atoms with Crippen molar-refractivity contribution in [3.8, 4) is 0 Å². The highest BCUT2D eigenvalue weighted by molar-refractivity contribution is 6.03. The Morgan fingerprint density at radius 2 is 1.72 bits per heavy atom. The van der Waals surface area contributed by atoms with Crippen molar-refractivity contribution < 1.29 is 23.1 Å². The van der Waals surface area contributed by atoms with Crippen LogP contribution in [0.2, 0.25) is 0 Å². The SMILES string of the molecule is CC(C)(O)c1ccc(C2Nc3nccnc3N(Cc3ccc(C(F)(F)F)cc3)C2=O)cn1. The van der Waals surface area contributed by atoms with Crippen LogP contribution in [0, 0.1) is 0 Å². The third-order valence-corrected chi connectivity index (χ3v) is 5.10. The number of hydrogen-bond acceptors (Lipinski definition) is 6. The summed E-state index contributed by atoms with van der Waals surface area (Å²) >= 11 is 0. The molecular formula is C22H20F3N5O2. The number of rotatable bonds is 4. The summed E-state index contributed by atoms with van der Waals surface area (Å²) in [5, 5.41) is 13.2. The van der Waals surface area contributed by atoms with Gasteiger partial charge in [0.05, 0.1) is 17.8 Å². The zero-order chi connectivity index (χ0) is 23.1. The first kappa shape index (κ1) is 21.7. The van der Waals surface area contributed by atoms with Crippen LogP contribution < -0.4 is 10.2 Å². The summed E-state index contributed by atoms with van der Waals surface area (Å²) in [4.78, 5) is 27.5.